The average molecular weight is 364 g/mol. The van der Waals surface area contributed by atoms with E-state index in [1.807, 2.05) is 13.8 Å². The van der Waals surface area contributed by atoms with Gasteiger partial charge in [0.15, 0.2) is 0 Å². The van der Waals surface area contributed by atoms with Crippen molar-refractivity contribution in [3.8, 4) is 11.5 Å². The summed E-state index contributed by atoms with van der Waals surface area (Å²) in [4.78, 5) is 12.6. The number of ether oxygens (including phenoxy) is 3. The first-order valence-corrected chi connectivity index (χ1v) is 8.28. The molecule has 6 heteroatoms. The van der Waals surface area contributed by atoms with E-state index in [1.165, 1.54) is 7.11 Å². The second kappa shape index (κ2) is 8.74. The largest absolute Gasteiger partial charge is 0.496 e. The highest BCUT2D eigenvalue weighted by Gasteiger charge is 2.14. The number of rotatable bonds is 7. The van der Waals surface area contributed by atoms with E-state index < -0.39 is 0 Å². The number of carbonyl (C=O) groups excluding carboxylic acids is 1. The standard InChI is InChI=1S/C19H22ClNO4/c1-5-25-11-14-9-13(6-7-17(14)23-3)19(22)21-16-8-12(2)15(20)10-18(16)24-4/h6-10H,5,11H2,1-4H3,(H,21,22). The van der Waals surface area contributed by atoms with E-state index in [-0.39, 0.29) is 5.91 Å². The van der Waals surface area contributed by atoms with Gasteiger partial charge in [0.05, 0.1) is 26.5 Å². The van der Waals surface area contributed by atoms with Crippen LogP contribution in [0.1, 0.15) is 28.4 Å². The molecule has 0 heterocycles. The minimum atomic E-state index is -0.250. The summed E-state index contributed by atoms with van der Waals surface area (Å²) < 4.78 is 16.0. The molecule has 0 fully saturated rings. The van der Waals surface area contributed by atoms with Crippen molar-refractivity contribution in [3.05, 3.63) is 52.0 Å². The van der Waals surface area contributed by atoms with Crippen LogP contribution in [0.4, 0.5) is 5.69 Å². The SMILES string of the molecule is CCOCc1cc(C(=O)Nc2cc(C)c(Cl)cc2OC)ccc1OC. The molecule has 0 spiro atoms. The summed E-state index contributed by atoms with van der Waals surface area (Å²) in [6, 6.07) is 8.69. The zero-order valence-electron chi connectivity index (χ0n) is 14.8. The molecule has 2 aromatic carbocycles. The summed E-state index contributed by atoms with van der Waals surface area (Å²) >= 11 is 6.10. The molecule has 2 aromatic rings. The number of aryl methyl sites for hydroxylation is 1. The van der Waals surface area contributed by atoms with Gasteiger partial charge in [0.1, 0.15) is 11.5 Å². The molecule has 0 saturated heterocycles. The average Bonchev–Trinajstić information content (AvgIpc) is 2.62. The van der Waals surface area contributed by atoms with Crippen LogP contribution >= 0.6 is 11.6 Å². The normalized spacial score (nSPS) is 10.4. The Kier molecular flexibility index (Phi) is 6.67. The van der Waals surface area contributed by atoms with Gasteiger partial charge in [0.25, 0.3) is 5.91 Å². The molecular weight excluding hydrogens is 342 g/mol. The van der Waals surface area contributed by atoms with Crippen molar-refractivity contribution in [2.45, 2.75) is 20.5 Å². The van der Waals surface area contributed by atoms with E-state index in [9.17, 15) is 4.79 Å². The summed E-state index contributed by atoms with van der Waals surface area (Å²) in [5, 5.41) is 3.44. The van der Waals surface area contributed by atoms with Crippen LogP contribution in [0.5, 0.6) is 11.5 Å². The van der Waals surface area contributed by atoms with Gasteiger partial charge in [0, 0.05) is 28.8 Å². The quantitative estimate of drug-likeness (QED) is 0.789. The van der Waals surface area contributed by atoms with E-state index in [4.69, 9.17) is 25.8 Å². The van der Waals surface area contributed by atoms with E-state index >= 15 is 0 Å². The van der Waals surface area contributed by atoms with Crippen molar-refractivity contribution < 1.29 is 19.0 Å². The molecule has 134 valence electrons. The maximum Gasteiger partial charge on any atom is 0.255 e. The smallest absolute Gasteiger partial charge is 0.255 e. The fourth-order valence-corrected chi connectivity index (χ4v) is 2.52. The minimum Gasteiger partial charge on any atom is -0.496 e. The van der Waals surface area contributed by atoms with E-state index in [0.29, 0.717) is 41.0 Å². The summed E-state index contributed by atoms with van der Waals surface area (Å²) in [7, 11) is 3.12. The minimum absolute atomic E-state index is 0.250. The van der Waals surface area contributed by atoms with Gasteiger partial charge in [-0.15, -0.1) is 0 Å². The number of carbonyl (C=O) groups is 1. The number of nitrogens with one attached hydrogen (secondary N) is 1. The molecule has 0 bridgehead atoms. The summed E-state index contributed by atoms with van der Waals surface area (Å²) in [6.07, 6.45) is 0. The maximum atomic E-state index is 12.6. The van der Waals surface area contributed by atoms with Crippen molar-refractivity contribution in [3.63, 3.8) is 0 Å². The van der Waals surface area contributed by atoms with Crippen molar-refractivity contribution in [2.75, 3.05) is 26.1 Å². The van der Waals surface area contributed by atoms with E-state index in [1.54, 1.807) is 37.4 Å². The van der Waals surface area contributed by atoms with Crippen LogP contribution in [-0.4, -0.2) is 26.7 Å². The van der Waals surface area contributed by atoms with Gasteiger partial charge < -0.3 is 19.5 Å². The summed E-state index contributed by atoms with van der Waals surface area (Å²) in [5.41, 5.74) is 2.74. The van der Waals surface area contributed by atoms with Gasteiger partial charge in [0.2, 0.25) is 0 Å². The van der Waals surface area contributed by atoms with Crippen molar-refractivity contribution in [2.24, 2.45) is 0 Å². The molecule has 0 aliphatic rings. The zero-order chi connectivity index (χ0) is 18.4. The molecule has 1 N–H and O–H groups in total. The number of anilines is 1. The lowest BCUT2D eigenvalue weighted by atomic mass is 10.1. The molecule has 2 rings (SSSR count). The molecule has 5 nitrogen and oxygen atoms in total. The second-order valence-electron chi connectivity index (χ2n) is 5.42. The Morgan fingerprint density at radius 3 is 2.48 bits per heavy atom. The first-order valence-electron chi connectivity index (χ1n) is 7.90. The Morgan fingerprint density at radius 2 is 1.84 bits per heavy atom. The van der Waals surface area contributed by atoms with Gasteiger partial charge >= 0.3 is 0 Å². The molecule has 0 aliphatic heterocycles. The third-order valence-electron chi connectivity index (χ3n) is 3.73. The van der Waals surface area contributed by atoms with Crippen LogP contribution in [0.3, 0.4) is 0 Å². The lowest BCUT2D eigenvalue weighted by Crippen LogP contribution is -2.13. The van der Waals surface area contributed by atoms with Crippen LogP contribution < -0.4 is 14.8 Å². The molecule has 25 heavy (non-hydrogen) atoms. The van der Waals surface area contributed by atoms with Gasteiger partial charge in [-0.3, -0.25) is 4.79 Å². The Balaban J connectivity index is 2.28. The fraction of sp³-hybridized carbons (Fsp3) is 0.316. The molecule has 0 radical (unpaired) electrons. The monoisotopic (exact) mass is 363 g/mol. The van der Waals surface area contributed by atoms with Crippen LogP contribution in [0.2, 0.25) is 5.02 Å². The molecule has 1 amide bonds. The number of methoxy groups -OCH3 is 2. The molecule has 0 atom stereocenters. The van der Waals surface area contributed by atoms with Crippen molar-refractivity contribution in [1.29, 1.82) is 0 Å². The molecule has 0 unspecified atom stereocenters. The molecule has 0 aromatic heterocycles. The van der Waals surface area contributed by atoms with Gasteiger partial charge in [-0.2, -0.15) is 0 Å². The fourth-order valence-electron chi connectivity index (χ4n) is 2.37. The van der Waals surface area contributed by atoms with Crippen molar-refractivity contribution in [1.82, 2.24) is 0 Å². The molecule has 0 saturated carbocycles. The number of amides is 1. The van der Waals surface area contributed by atoms with Gasteiger partial charge in [-0.1, -0.05) is 11.6 Å². The van der Waals surface area contributed by atoms with E-state index in [0.717, 1.165) is 11.1 Å². The number of hydrogen-bond acceptors (Lipinski definition) is 4. The highest BCUT2D eigenvalue weighted by atomic mass is 35.5. The predicted octanol–water partition coefficient (Wildman–Crippen LogP) is 4.45. The Morgan fingerprint density at radius 1 is 1.12 bits per heavy atom. The van der Waals surface area contributed by atoms with Crippen LogP contribution in [-0.2, 0) is 11.3 Å². The summed E-state index contributed by atoms with van der Waals surface area (Å²) in [5.74, 6) is 0.942. The van der Waals surface area contributed by atoms with Gasteiger partial charge in [-0.25, -0.2) is 0 Å². The number of benzene rings is 2. The van der Waals surface area contributed by atoms with Crippen LogP contribution in [0.15, 0.2) is 30.3 Å². The first-order chi connectivity index (χ1) is 12.0. The lowest BCUT2D eigenvalue weighted by Gasteiger charge is -2.14. The Hall–Kier alpha value is -2.24. The molecule has 0 aliphatic carbocycles. The lowest BCUT2D eigenvalue weighted by molar-refractivity contribution is 0.102. The Labute approximate surface area is 152 Å². The molecular formula is C19H22ClNO4. The van der Waals surface area contributed by atoms with E-state index in [2.05, 4.69) is 5.32 Å². The zero-order valence-corrected chi connectivity index (χ0v) is 15.6. The highest BCUT2D eigenvalue weighted by Crippen LogP contribution is 2.31. The summed E-state index contributed by atoms with van der Waals surface area (Å²) in [6.45, 7) is 4.74. The van der Waals surface area contributed by atoms with Crippen LogP contribution in [0.25, 0.3) is 0 Å². The topological polar surface area (TPSA) is 56.8 Å². The first kappa shape index (κ1) is 19.1. The maximum absolute atomic E-state index is 12.6. The van der Waals surface area contributed by atoms with Crippen molar-refractivity contribution >= 4 is 23.2 Å². The number of hydrogen-bond donors (Lipinski definition) is 1. The predicted molar refractivity (Wildman–Crippen MR) is 99.0 cm³/mol. The third-order valence-corrected chi connectivity index (χ3v) is 4.14. The number of halogens is 1. The second-order valence-corrected chi connectivity index (χ2v) is 5.83. The van der Waals surface area contributed by atoms with Gasteiger partial charge in [-0.05, 0) is 43.7 Å². The van der Waals surface area contributed by atoms with Crippen LogP contribution in [0, 0.1) is 6.92 Å². The Bertz CT molecular complexity index is 761. The highest BCUT2D eigenvalue weighted by molar-refractivity contribution is 6.31. The third kappa shape index (κ3) is 4.65.